The van der Waals surface area contributed by atoms with E-state index in [0.29, 0.717) is 19.4 Å². The maximum absolute atomic E-state index is 12.3. The summed E-state index contributed by atoms with van der Waals surface area (Å²) in [7, 11) is 5.03. The number of carbonyl (C=O) groups excluding carboxylic acids is 1. The van der Waals surface area contributed by atoms with Gasteiger partial charge in [0, 0.05) is 13.5 Å². The second-order valence-corrected chi connectivity index (χ2v) is 5.44. The maximum atomic E-state index is 12.3. The Balaban J connectivity index is 1.95. The number of hydrogen-bond acceptors (Lipinski definition) is 4. The molecule has 0 aliphatic carbocycles. The summed E-state index contributed by atoms with van der Waals surface area (Å²) in [5.41, 5.74) is 0.961. The van der Waals surface area contributed by atoms with E-state index in [1.54, 1.807) is 26.2 Å². The summed E-state index contributed by atoms with van der Waals surface area (Å²) in [5, 5.41) is 0. The van der Waals surface area contributed by atoms with Gasteiger partial charge in [0.15, 0.2) is 0 Å². The fourth-order valence-electron chi connectivity index (χ4n) is 2.40. The van der Waals surface area contributed by atoms with Gasteiger partial charge in [-0.1, -0.05) is 0 Å². The topological polar surface area (TPSA) is 51.9 Å². The molecule has 0 atom stereocenters. The molecule has 0 aliphatic heterocycles. The van der Waals surface area contributed by atoms with E-state index < -0.39 is 0 Å². The van der Waals surface area contributed by atoms with Crippen LogP contribution in [-0.4, -0.2) is 32.1 Å². The zero-order valence-corrected chi connectivity index (χ0v) is 14.1. The van der Waals surface area contributed by atoms with Crippen LogP contribution >= 0.6 is 0 Å². The van der Waals surface area contributed by atoms with Crippen molar-refractivity contribution in [3.8, 4) is 11.5 Å². The Hall–Kier alpha value is -2.43. The second kappa shape index (κ2) is 7.72. The van der Waals surface area contributed by atoms with Crippen LogP contribution in [-0.2, 0) is 17.8 Å². The first-order valence-electron chi connectivity index (χ1n) is 7.53. The van der Waals surface area contributed by atoms with Crippen molar-refractivity contribution in [2.45, 2.75) is 26.3 Å². The molecule has 0 N–H and O–H groups in total. The molecule has 5 heteroatoms. The molecule has 0 saturated heterocycles. The van der Waals surface area contributed by atoms with E-state index in [0.717, 1.165) is 28.6 Å². The summed E-state index contributed by atoms with van der Waals surface area (Å²) in [4.78, 5) is 14.0. The first-order valence-corrected chi connectivity index (χ1v) is 7.53. The summed E-state index contributed by atoms with van der Waals surface area (Å²) < 4.78 is 16.1. The molecule has 1 amide bonds. The van der Waals surface area contributed by atoms with Crippen molar-refractivity contribution in [2.75, 3.05) is 21.3 Å². The highest BCUT2D eigenvalue weighted by Crippen LogP contribution is 2.25. The Bertz CT molecular complexity index is 663. The van der Waals surface area contributed by atoms with Crippen molar-refractivity contribution in [3.05, 3.63) is 47.4 Å². The molecular weight excluding hydrogens is 294 g/mol. The molecule has 5 nitrogen and oxygen atoms in total. The van der Waals surface area contributed by atoms with Crippen molar-refractivity contribution in [2.24, 2.45) is 0 Å². The average molecular weight is 317 g/mol. The molecule has 23 heavy (non-hydrogen) atoms. The normalized spacial score (nSPS) is 10.4. The van der Waals surface area contributed by atoms with E-state index >= 15 is 0 Å². The first kappa shape index (κ1) is 16.9. The van der Waals surface area contributed by atoms with Gasteiger partial charge in [0.05, 0.1) is 20.8 Å². The van der Waals surface area contributed by atoms with Crippen LogP contribution in [0, 0.1) is 6.92 Å². The molecule has 0 unspecified atom stereocenters. The third-order valence-corrected chi connectivity index (χ3v) is 3.71. The highest BCUT2D eigenvalue weighted by atomic mass is 16.5. The third kappa shape index (κ3) is 4.52. The Morgan fingerprint density at radius 2 is 1.96 bits per heavy atom. The molecule has 0 bridgehead atoms. The predicted molar refractivity (Wildman–Crippen MR) is 87.8 cm³/mol. The highest BCUT2D eigenvalue weighted by molar-refractivity contribution is 5.76. The van der Waals surface area contributed by atoms with Crippen molar-refractivity contribution >= 4 is 5.91 Å². The molecule has 0 spiro atoms. The molecule has 2 aromatic rings. The molecule has 0 saturated carbocycles. The van der Waals surface area contributed by atoms with Gasteiger partial charge < -0.3 is 18.8 Å². The lowest BCUT2D eigenvalue weighted by Gasteiger charge is -2.16. The summed E-state index contributed by atoms with van der Waals surface area (Å²) in [5.74, 6) is 3.22. The van der Waals surface area contributed by atoms with Crippen LogP contribution in [0.2, 0.25) is 0 Å². The maximum Gasteiger partial charge on any atom is 0.223 e. The molecule has 1 heterocycles. The van der Waals surface area contributed by atoms with E-state index in [1.165, 1.54) is 0 Å². The third-order valence-electron chi connectivity index (χ3n) is 3.71. The Kier molecular flexibility index (Phi) is 5.68. The minimum atomic E-state index is 0.0592. The number of carbonyl (C=O) groups is 1. The monoisotopic (exact) mass is 317 g/mol. The smallest absolute Gasteiger partial charge is 0.223 e. The van der Waals surface area contributed by atoms with Gasteiger partial charge in [0.25, 0.3) is 0 Å². The van der Waals surface area contributed by atoms with Crippen LogP contribution in [0.4, 0.5) is 0 Å². The number of nitrogens with zero attached hydrogens (tertiary/aromatic N) is 1. The second-order valence-electron chi connectivity index (χ2n) is 5.44. The fraction of sp³-hybridized carbons (Fsp3) is 0.389. The first-order chi connectivity index (χ1) is 11.0. The molecule has 124 valence electrons. The number of amides is 1. The van der Waals surface area contributed by atoms with E-state index in [-0.39, 0.29) is 5.91 Å². The quantitative estimate of drug-likeness (QED) is 0.787. The van der Waals surface area contributed by atoms with Gasteiger partial charge in [-0.3, -0.25) is 4.79 Å². The molecule has 1 aromatic carbocycles. The number of rotatable bonds is 7. The average Bonchev–Trinajstić information content (AvgIpc) is 2.96. The number of ether oxygens (including phenoxy) is 2. The van der Waals surface area contributed by atoms with Gasteiger partial charge in [-0.25, -0.2) is 0 Å². The van der Waals surface area contributed by atoms with Crippen molar-refractivity contribution in [1.29, 1.82) is 0 Å². The van der Waals surface area contributed by atoms with Crippen LogP contribution in [0.5, 0.6) is 11.5 Å². The lowest BCUT2D eigenvalue weighted by atomic mass is 10.1. The van der Waals surface area contributed by atoms with Gasteiger partial charge in [-0.15, -0.1) is 0 Å². The number of benzene rings is 1. The zero-order chi connectivity index (χ0) is 16.8. The minimum Gasteiger partial charge on any atom is -0.497 e. The minimum absolute atomic E-state index is 0.0592. The number of furan rings is 1. The van der Waals surface area contributed by atoms with E-state index in [1.807, 2.05) is 37.3 Å². The summed E-state index contributed by atoms with van der Waals surface area (Å²) in [6.07, 6.45) is 1.00. The van der Waals surface area contributed by atoms with Gasteiger partial charge in [0.1, 0.15) is 23.0 Å². The zero-order valence-electron chi connectivity index (χ0n) is 14.1. The van der Waals surface area contributed by atoms with Gasteiger partial charge >= 0.3 is 0 Å². The van der Waals surface area contributed by atoms with Crippen LogP contribution in [0.25, 0.3) is 0 Å². The number of hydrogen-bond donors (Lipinski definition) is 0. The Morgan fingerprint density at radius 3 is 2.57 bits per heavy atom. The molecule has 1 aromatic heterocycles. The number of methoxy groups -OCH3 is 2. The Labute approximate surface area is 136 Å². The molecule has 0 radical (unpaired) electrons. The van der Waals surface area contributed by atoms with Gasteiger partial charge in [0.2, 0.25) is 5.91 Å². The fourth-order valence-corrected chi connectivity index (χ4v) is 2.40. The summed E-state index contributed by atoms with van der Waals surface area (Å²) in [6, 6.07) is 9.39. The summed E-state index contributed by atoms with van der Waals surface area (Å²) in [6.45, 7) is 2.36. The van der Waals surface area contributed by atoms with Crippen molar-refractivity contribution in [1.82, 2.24) is 4.90 Å². The van der Waals surface area contributed by atoms with Crippen LogP contribution in [0.3, 0.4) is 0 Å². The van der Waals surface area contributed by atoms with Crippen LogP contribution in [0.1, 0.15) is 23.5 Å². The summed E-state index contributed by atoms with van der Waals surface area (Å²) >= 11 is 0. The van der Waals surface area contributed by atoms with Crippen LogP contribution < -0.4 is 9.47 Å². The molecule has 2 rings (SSSR count). The van der Waals surface area contributed by atoms with Gasteiger partial charge in [-0.2, -0.15) is 0 Å². The lowest BCUT2D eigenvalue weighted by molar-refractivity contribution is -0.130. The van der Waals surface area contributed by atoms with E-state index in [2.05, 4.69) is 0 Å². The highest BCUT2D eigenvalue weighted by Gasteiger charge is 2.13. The standard InChI is InChI=1S/C18H23NO4/c1-13-5-7-16(23-13)12-19(2)18(20)10-6-14-11-15(21-3)8-9-17(14)22-4/h5,7-9,11H,6,10,12H2,1-4H3. The Morgan fingerprint density at radius 1 is 1.17 bits per heavy atom. The molecular formula is C18H23NO4. The van der Waals surface area contributed by atoms with Gasteiger partial charge in [-0.05, 0) is 49.2 Å². The molecule has 0 aliphatic rings. The van der Waals surface area contributed by atoms with E-state index in [9.17, 15) is 4.79 Å². The SMILES string of the molecule is COc1ccc(OC)c(CCC(=O)N(C)Cc2ccc(C)o2)c1. The van der Waals surface area contributed by atoms with Crippen LogP contribution in [0.15, 0.2) is 34.7 Å². The number of aryl methyl sites for hydroxylation is 2. The van der Waals surface area contributed by atoms with E-state index in [4.69, 9.17) is 13.9 Å². The largest absolute Gasteiger partial charge is 0.497 e. The predicted octanol–water partition coefficient (Wildman–Crippen LogP) is 3.20. The molecule has 0 fully saturated rings. The van der Waals surface area contributed by atoms with Crippen molar-refractivity contribution in [3.63, 3.8) is 0 Å². The van der Waals surface area contributed by atoms with Crippen molar-refractivity contribution < 1.29 is 18.7 Å². The lowest BCUT2D eigenvalue weighted by Crippen LogP contribution is -2.26.